The lowest BCUT2D eigenvalue weighted by Gasteiger charge is -2.23. The van der Waals surface area contributed by atoms with Gasteiger partial charge in [-0.3, -0.25) is 0 Å². The normalized spacial score (nSPS) is 12.4. The van der Waals surface area contributed by atoms with Gasteiger partial charge in [0, 0.05) is 12.0 Å². The van der Waals surface area contributed by atoms with Crippen molar-refractivity contribution < 1.29 is 8.42 Å². The second-order valence-corrected chi connectivity index (χ2v) is 7.09. The number of sulfonamides is 1. The summed E-state index contributed by atoms with van der Waals surface area (Å²) in [5.74, 6) is 0. The minimum atomic E-state index is -3.51. The molecule has 0 radical (unpaired) electrons. The number of thiocarbonyl (C=S) groups is 1. The van der Waals surface area contributed by atoms with E-state index in [0.717, 1.165) is 5.56 Å². The molecule has 3 N–H and O–H groups in total. The molecule has 4 nitrogen and oxygen atoms in total. The Bertz CT molecular complexity index is 534. The van der Waals surface area contributed by atoms with E-state index in [9.17, 15) is 8.42 Å². The standard InChI is InChI=1S/C12H18N2O2S2/c1-9-4-6-10(7-5-9)18(15,16)14-8-12(2,3)11(13)17/h4-7,14H,8H2,1-3H3,(H2,13,17). The van der Waals surface area contributed by atoms with E-state index in [1.165, 1.54) is 0 Å². The highest BCUT2D eigenvalue weighted by atomic mass is 32.2. The average molecular weight is 286 g/mol. The first-order chi connectivity index (χ1) is 8.15. The van der Waals surface area contributed by atoms with E-state index in [1.807, 2.05) is 6.92 Å². The maximum atomic E-state index is 12.0. The van der Waals surface area contributed by atoms with Crippen LogP contribution in [0.2, 0.25) is 0 Å². The Morgan fingerprint density at radius 2 is 1.83 bits per heavy atom. The average Bonchev–Trinajstić information content (AvgIpc) is 2.27. The predicted molar refractivity (Wildman–Crippen MR) is 76.9 cm³/mol. The van der Waals surface area contributed by atoms with Crippen LogP contribution in [0.15, 0.2) is 29.2 Å². The largest absolute Gasteiger partial charge is 0.393 e. The molecule has 1 aromatic rings. The van der Waals surface area contributed by atoms with Gasteiger partial charge >= 0.3 is 0 Å². The van der Waals surface area contributed by atoms with E-state index < -0.39 is 15.4 Å². The van der Waals surface area contributed by atoms with Crippen molar-refractivity contribution in [3.63, 3.8) is 0 Å². The number of hydrogen-bond acceptors (Lipinski definition) is 3. The molecule has 0 aliphatic rings. The van der Waals surface area contributed by atoms with Crippen molar-refractivity contribution in [1.82, 2.24) is 4.72 Å². The molecular formula is C12H18N2O2S2. The molecule has 0 heterocycles. The van der Waals surface area contributed by atoms with Gasteiger partial charge in [0.15, 0.2) is 0 Å². The molecule has 1 rings (SSSR count). The maximum Gasteiger partial charge on any atom is 0.240 e. The summed E-state index contributed by atoms with van der Waals surface area (Å²) in [5, 5.41) is 0. The first-order valence-corrected chi connectivity index (χ1v) is 7.40. The molecule has 0 aromatic heterocycles. The molecule has 0 spiro atoms. The molecule has 1 aromatic carbocycles. The van der Waals surface area contributed by atoms with Crippen molar-refractivity contribution in [2.45, 2.75) is 25.7 Å². The molecular weight excluding hydrogens is 268 g/mol. The van der Waals surface area contributed by atoms with Gasteiger partial charge in [0.1, 0.15) is 0 Å². The van der Waals surface area contributed by atoms with Crippen LogP contribution < -0.4 is 10.5 Å². The highest BCUT2D eigenvalue weighted by molar-refractivity contribution is 7.89. The summed E-state index contributed by atoms with van der Waals surface area (Å²) in [4.78, 5) is 0.529. The second-order valence-electron chi connectivity index (χ2n) is 4.89. The van der Waals surface area contributed by atoms with E-state index >= 15 is 0 Å². The summed E-state index contributed by atoms with van der Waals surface area (Å²) in [6.07, 6.45) is 0. The molecule has 0 atom stereocenters. The first kappa shape index (κ1) is 15.1. The topological polar surface area (TPSA) is 72.2 Å². The van der Waals surface area contributed by atoms with Crippen LogP contribution in [0, 0.1) is 12.3 Å². The quantitative estimate of drug-likeness (QED) is 0.806. The Labute approximate surface area is 114 Å². The van der Waals surface area contributed by atoms with E-state index in [2.05, 4.69) is 4.72 Å². The summed E-state index contributed by atoms with van der Waals surface area (Å²) < 4.78 is 26.6. The van der Waals surface area contributed by atoms with Gasteiger partial charge in [0.25, 0.3) is 0 Å². The zero-order chi connectivity index (χ0) is 14.0. The summed E-state index contributed by atoms with van der Waals surface area (Å²) >= 11 is 4.90. The zero-order valence-electron chi connectivity index (χ0n) is 10.7. The minimum Gasteiger partial charge on any atom is -0.393 e. The number of benzene rings is 1. The molecule has 18 heavy (non-hydrogen) atoms. The highest BCUT2D eigenvalue weighted by Gasteiger charge is 2.24. The molecule has 0 bridgehead atoms. The van der Waals surface area contributed by atoms with E-state index in [0.29, 0.717) is 0 Å². The number of nitrogens with one attached hydrogen (secondary N) is 1. The van der Waals surface area contributed by atoms with Crippen LogP contribution in [-0.4, -0.2) is 20.0 Å². The van der Waals surface area contributed by atoms with Crippen molar-refractivity contribution in [3.8, 4) is 0 Å². The zero-order valence-corrected chi connectivity index (χ0v) is 12.4. The second kappa shape index (κ2) is 5.34. The van der Waals surface area contributed by atoms with Crippen molar-refractivity contribution in [2.75, 3.05) is 6.54 Å². The van der Waals surface area contributed by atoms with Gasteiger partial charge in [-0.1, -0.05) is 43.8 Å². The molecule has 0 aliphatic heterocycles. The van der Waals surface area contributed by atoms with Gasteiger partial charge in [0.2, 0.25) is 10.0 Å². The van der Waals surface area contributed by atoms with E-state index in [-0.39, 0.29) is 16.4 Å². The van der Waals surface area contributed by atoms with Crippen LogP contribution in [0.4, 0.5) is 0 Å². The van der Waals surface area contributed by atoms with E-state index in [1.54, 1.807) is 38.1 Å². The predicted octanol–water partition coefficient (Wildman–Crippen LogP) is 1.59. The SMILES string of the molecule is Cc1ccc(S(=O)(=O)NCC(C)(C)C(N)=S)cc1. The Kier molecular flexibility index (Phi) is 4.47. The Hall–Kier alpha value is -0.980. The summed E-state index contributed by atoms with van der Waals surface area (Å²) in [6, 6.07) is 6.66. The fourth-order valence-electron chi connectivity index (χ4n) is 1.16. The van der Waals surface area contributed by atoms with Crippen LogP contribution in [0.5, 0.6) is 0 Å². The summed E-state index contributed by atoms with van der Waals surface area (Å²) in [7, 11) is -3.51. The number of aryl methyl sites for hydroxylation is 1. The van der Waals surface area contributed by atoms with Gasteiger partial charge in [-0.05, 0) is 19.1 Å². The maximum absolute atomic E-state index is 12.0. The van der Waals surface area contributed by atoms with Crippen molar-refractivity contribution in [2.24, 2.45) is 11.1 Å². The minimum absolute atomic E-state index is 0.179. The highest BCUT2D eigenvalue weighted by Crippen LogP contribution is 2.16. The molecule has 0 fully saturated rings. The Morgan fingerprint density at radius 3 is 2.28 bits per heavy atom. The lowest BCUT2D eigenvalue weighted by atomic mass is 9.94. The smallest absolute Gasteiger partial charge is 0.240 e. The van der Waals surface area contributed by atoms with E-state index in [4.69, 9.17) is 18.0 Å². The molecule has 0 saturated heterocycles. The molecule has 0 aliphatic carbocycles. The lowest BCUT2D eigenvalue weighted by molar-refractivity contribution is 0.501. The molecule has 100 valence electrons. The van der Waals surface area contributed by atoms with Crippen molar-refractivity contribution >= 4 is 27.2 Å². The number of hydrogen-bond donors (Lipinski definition) is 2. The van der Waals surface area contributed by atoms with Gasteiger partial charge in [-0.2, -0.15) is 0 Å². The number of nitrogens with two attached hydrogens (primary N) is 1. The third-order valence-corrected chi connectivity index (χ3v) is 4.67. The van der Waals surface area contributed by atoms with Gasteiger partial charge in [0.05, 0.1) is 9.88 Å². The van der Waals surface area contributed by atoms with Crippen LogP contribution in [0.1, 0.15) is 19.4 Å². The lowest BCUT2D eigenvalue weighted by Crippen LogP contribution is -2.41. The Balaban J connectivity index is 2.84. The fraction of sp³-hybridized carbons (Fsp3) is 0.417. The molecule has 0 saturated carbocycles. The molecule has 0 unspecified atom stereocenters. The van der Waals surface area contributed by atoms with Crippen LogP contribution in [-0.2, 0) is 10.0 Å². The number of rotatable bonds is 5. The van der Waals surface area contributed by atoms with Gasteiger partial charge in [-0.15, -0.1) is 0 Å². The fourth-order valence-corrected chi connectivity index (χ4v) is 2.45. The van der Waals surface area contributed by atoms with Crippen molar-refractivity contribution in [3.05, 3.63) is 29.8 Å². The van der Waals surface area contributed by atoms with Gasteiger partial charge in [-0.25, -0.2) is 13.1 Å². The molecule has 6 heteroatoms. The third kappa shape index (κ3) is 3.76. The third-order valence-electron chi connectivity index (χ3n) is 2.70. The van der Waals surface area contributed by atoms with Gasteiger partial charge < -0.3 is 5.73 Å². The monoisotopic (exact) mass is 286 g/mol. The first-order valence-electron chi connectivity index (χ1n) is 5.51. The summed E-state index contributed by atoms with van der Waals surface area (Å²) in [5.41, 5.74) is 6.02. The Morgan fingerprint density at radius 1 is 1.33 bits per heavy atom. The van der Waals surface area contributed by atoms with Crippen molar-refractivity contribution in [1.29, 1.82) is 0 Å². The van der Waals surface area contributed by atoms with Crippen LogP contribution in [0.3, 0.4) is 0 Å². The van der Waals surface area contributed by atoms with Crippen LogP contribution >= 0.6 is 12.2 Å². The molecule has 0 amide bonds. The van der Waals surface area contributed by atoms with Crippen LogP contribution in [0.25, 0.3) is 0 Å². The summed E-state index contributed by atoms with van der Waals surface area (Å²) in [6.45, 7) is 5.68.